The first-order valence-electron chi connectivity index (χ1n) is 9.52. The molecule has 2 aromatic carbocycles. The number of ether oxygens (including phenoxy) is 2. The normalized spacial score (nSPS) is 13.1. The van der Waals surface area contributed by atoms with E-state index in [2.05, 4.69) is 13.8 Å². The maximum absolute atomic E-state index is 13.2. The molecule has 2 heterocycles. The fourth-order valence-corrected chi connectivity index (χ4v) is 3.49. The average molecular weight is 377 g/mol. The van der Waals surface area contributed by atoms with Crippen LogP contribution in [0, 0.1) is 12.8 Å². The highest BCUT2D eigenvalue weighted by Crippen LogP contribution is 2.34. The van der Waals surface area contributed by atoms with E-state index in [4.69, 9.17) is 9.47 Å². The Morgan fingerprint density at radius 2 is 1.71 bits per heavy atom. The highest BCUT2D eigenvalue weighted by atomic mass is 16.6. The van der Waals surface area contributed by atoms with Gasteiger partial charge in [0.15, 0.2) is 17.3 Å². The van der Waals surface area contributed by atoms with Crippen molar-refractivity contribution in [2.75, 3.05) is 13.2 Å². The lowest BCUT2D eigenvalue weighted by atomic mass is 10.0. The summed E-state index contributed by atoms with van der Waals surface area (Å²) in [5, 5.41) is 0.475. The number of rotatable bonds is 4. The molecule has 0 aliphatic carbocycles. The Hall–Kier alpha value is -3.08. The van der Waals surface area contributed by atoms with Crippen molar-refractivity contribution in [3.63, 3.8) is 0 Å². The topological polar surface area (TPSA) is 57.5 Å². The highest BCUT2D eigenvalue weighted by molar-refractivity contribution is 6.10. The summed E-state index contributed by atoms with van der Waals surface area (Å²) >= 11 is 0. The van der Waals surface area contributed by atoms with Gasteiger partial charge in [-0.3, -0.25) is 9.59 Å². The number of carbonyl (C=O) groups excluding carboxylic acids is 1. The second-order valence-electron chi connectivity index (χ2n) is 7.63. The average Bonchev–Trinajstić information content (AvgIpc) is 2.69. The van der Waals surface area contributed by atoms with Gasteiger partial charge in [-0.1, -0.05) is 43.7 Å². The van der Waals surface area contributed by atoms with Crippen LogP contribution in [-0.2, 0) is 6.54 Å². The summed E-state index contributed by atoms with van der Waals surface area (Å²) < 4.78 is 13.3. The maximum Gasteiger partial charge on any atom is 0.200 e. The number of nitrogens with zero attached hydrogens (tertiary/aromatic N) is 1. The van der Waals surface area contributed by atoms with Crippen LogP contribution >= 0.6 is 0 Å². The molecule has 144 valence electrons. The molecule has 1 aliphatic rings. The van der Waals surface area contributed by atoms with Gasteiger partial charge < -0.3 is 14.0 Å². The Morgan fingerprint density at radius 3 is 2.36 bits per heavy atom. The van der Waals surface area contributed by atoms with Crippen LogP contribution in [-0.4, -0.2) is 23.6 Å². The molecule has 1 aromatic heterocycles. The predicted octanol–water partition coefficient (Wildman–Crippen LogP) is 3.97. The van der Waals surface area contributed by atoms with Crippen LogP contribution in [0.2, 0.25) is 0 Å². The quantitative estimate of drug-likeness (QED) is 0.646. The number of hydrogen-bond acceptors (Lipinski definition) is 4. The Balaban J connectivity index is 1.93. The van der Waals surface area contributed by atoms with E-state index in [0.717, 1.165) is 11.1 Å². The second kappa shape index (κ2) is 7.15. The number of hydrogen-bond donors (Lipinski definition) is 0. The fraction of sp³-hybridized carbons (Fsp3) is 0.304. The maximum atomic E-state index is 13.2. The van der Waals surface area contributed by atoms with E-state index in [9.17, 15) is 9.59 Å². The van der Waals surface area contributed by atoms with Crippen LogP contribution in [0.1, 0.15) is 35.3 Å². The smallest absolute Gasteiger partial charge is 0.200 e. The van der Waals surface area contributed by atoms with E-state index in [1.807, 2.05) is 29.7 Å². The molecule has 5 heteroatoms. The minimum atomic E-state index is -0.280. The van der Waals surface area contributed by atoms with Crippen LogP contribution in [0.4, 0.5) is 0 Å². The molecule has 0 fully saturated rings. The van der Waals surface area contributed by atoms with Crippen molar-refractivity contribution in [1.82, 2.24) is 4.57 Å². The number of pyridine rings is 1. The van der Waals surface area contributed by atoms with Crippen LogP contribution < -0.4 is 14.9 Å². The Morgan fingerprint density at radius 1 is 1.07 bits per heavy atom. The van der Waals surface area contributed by atoms with Gasteiger partial charge >= 0.3 is 0 Å². The third-order valence-corrected chi connectivity index (χ3v) is 4.86. The van der Waals surface area contributed by atoms with Gasteiger partial charge in [-0.15, -0.1) is 0 Å². The Labute approximate surface area is 163 Å². The number of benzene rings is 2. The van der Waals surface area contributed by atoms with Gasteiger partial charge in [0.2, 0.25) is 5.43 Å². The molecule has 4 rings (SSSR count). The molecule has 1 aliphatic heterocycles. The van der Waals surface area contributed by atoms with Gasteiger partial charge in [0.05, 0.1) is 16.5 Å². The summed E-state index contributed by atoms with van der Waals surface area (Å²) in [6, 6.07) is 10.8. The Bertz CT molecular complexity index is 1110. The minimum absolute atomic E-state index is 0.175. The fourth-order valence-electron chi connectivity index (χ4n) is 3.49. The predicted molar refractivity (Wildman–Crippen MR) is 109 cm³/mol. The summed E-state index contributed by atoms with van der Waals surface area (Å²) in [6.07, 6.45) is 1.68. The van der Waals surface area contributed by atoms with Crippen LogP contribution in [0.3, 0.4) is 0 Å². The summed E-state index contributed by atoms with van der Waals surface area (Å²) in [7, 11) is 0. The van der Waals surface area contributed by atoms with Crippen molar-refractivity contribution < 1.29 is 14.3 Å². The first-order valence-corrected chi connectivity index (χ1v) is 9.52. The third-order valence-electron chi connectivity index (χ3n) is 4.86. The monoisotopic (exact) mass is 377 g/mol. The van der Waals surface area contributed by atoms with Gasteiger partial charge in [0, 0.05) is 24.4 Å². The number of fused-ring (bicyclic) bond motifs is 2. The molecule has 0 saturated carbocycles. The van der Waals surface area contributed by atoms with Crippen LogP contribution in [0.5, 0.6) is 11.5 Å². The number of carbonyl (C=O) groups is 1. The van der Waals surface area contributed by atoms with Gasteiger partial charge in [-0.2, -0.15) is 0 Å². The third kappa shape index (κ3) is 3.28. The van der Waals surface area contributed by atoms with Gasteiger partial charge in [0.25, 0.3) is 0 Å². The lowest BCUT2D eigenvalue weighted by molar-refractivity contribution is 0.103. The van der Waals surface area contributed by atoms with E-state index in [0.29, 0.717) is 48.1 Å². The Kier molecular flexibility index (Phi) is 4.67. The van der Waals surface area contributed by atoms with E-state index in [-0.39, 0.29) is 16.8 Å². The zero-order chi connectivity index (χ0) is 19.8. The lowest BCUT2D eigenvalue weighted by Crippen LogP contribution is -2.22. The summed E-state index contributed by atoms with van der Waals surface area (Å²) in [6.45, 7) is 7.78. The highest BCUT2D eigenvalue weighted by Gasteiger charge is 2.21. The molecular formula is C23H23NO4. The first kappa shape index (κ1) is 18.3. The molecule has 3 aromatic rings. The molecular weight excluding hydrogens is 354 g/mol. The zero-order valence-electron chi connectivity index (χ0n) is 16.3. The molecule has 28 heavy (non-hydrogen) atoms. The molecule has 5 nitrogen and oxygen atoms in total. The molecule has 0 unspecified atom stereocenters. The standard InChI is InChI=1S/C23H23NO4/c1-14(2)12-24-13-18(22(25)16-6-4-15(3)5-7-16)23(26)17-10-20-21(11-19(17)24)28-9-8-27-20/h4-7,10-11,13-14H,8-9,12H2,1-3H3. The van der Waals surface area contributed by atoms with Gasteiger partial charge in [-0.05, 0) is 18.9 Å². The van der Waals surface area contributed by atoms with Gasteiger partial charge in [0.1, 0.15) is 13.2 Å². The molecule has 0 amide bonds. The number of aromatic nitrogens is 1. The SMILES string of the molecule is Cc1ccc(C(=O)c2cn(CC(C)C)c3cc4c(cc3c2=O)OCCO4)cc1. The van der Waals surface area contributed by atoms with Crippen LogP contribution in [0.15, 0.2) is 47.4 Å². The van der Waals surface area contributed by atoms with Crippen molar-refractivity contribution in [3.8, 4) is 11.5 Å². The van der Waals surface area contributed by atoms with Gasteiger partial charge in [-0.25, -0.2) is 0 Å². The van der Waals surface area contributed by atoms with Crippen LogP contribution in [0.25, 0.3) is 10.9 Å². The molecule has 0 spiro atoms. The van der Waals surface area contributed by atoms with Crippen molar-refractivity contribution in [1.29, 1.82) is 0 Å². The van der Waals surface area contributed by atoms with E-state index < -0.39 is 0 Å². The van der Waals surface area contributed by atoms with Crippen molar-refractivity contribution >= 4 is 16.7 Å². The minimum Gasteiger partial charge on any atom is -0.486 e. The summed E-state index contributed by atoms with van der Waals surface area (Å²) in [5.74, 6) is 1.26. The van der Waals surface area contributed by atoms with E-state index in [1.54, 1.807) is 24.4 Å². The second-order valence-corrected chi connectivity index (χ2v) is 7.63. The lowest BCUT2D eigenvalue weighted by Gasteiger charge is -2.21. The van der Waals surface area contributed by atoms with E-state index >= 15 is 0 Å². The molecule has 0 N–H and O–H groups in total. The van der Waals surface area contributed by atoms with Crippen molar-refractivity contribution in [2.45, 2.75) is 27.3 Å². The van der Waals surface area contributed by atoms with Crippen molar-refractivity contribution in [2.24, 2.45) is 5.92 Å². The summed E-state index contributed by atoms with van der Waals surface area (Å²) in [5.41, 5.74) is 2.22. The van der Waals surface area contributed by atoms with Crippen molar-refractivity contribution in [3.05, 3.63) is 69.5 Å². The number of ketones is 1. The zero-order valence-corrected chi connectivity index (χ0v) is 16.3. The molecule has 0 saturated heterocycles. The van der Waals surface area contributed by atoms with E-state index in [1.165, 1.54) is 0 Å². The molecule has 0 atom stereocenters. The first-order chi connectivity index (χ1) is 13.4. The largest absolute Gasteiger partial charge is 0.486 e. The molecule has 0 bridgehead atoms. The number of aryl methyl sites for hydroxylation is 1. The summed E-state index contributed by atoms with van der Waals surface area (Å²) in [4.78, 5) is 26.3. The molecule has 0 radical (unpaired) electrons.